The molecule has 0 radical (unpaired) electrons. The molecule has 0 saturated carbocycles. The van der Waals surface area contributed by atoms with Crippen molar-refractivity contribution in [1.29, 1.82) is 0 Å². The van der Waals surface area contributed by atoms with Crippen LogP contribution in [0.5, 0.6) is 0 Å². The van der Waals surface area contributed by atoms with Crippen molar-refractivity contribution in [2.45, 2.75) is 19.9 Å². The molecular formula is C18H18N4OS. The topological polar surface area (TPSA) is 66.9 Å². The molecule has 2 heterocycles. The molecule has 0 saturated heterocycles. The maximum Gasteiger partial charge on any atom is 0.230 e. The maximum absolute atomic E-state index is 11.9. The highest BCUT2D eigenvalue weighted by Crippen LogP contribution is 2.13. The molecule has 0 aliphatic rings. The van der Waals surface area contributed by atoms with Crippen LogP contribution < -0.4 is 10.6 Å². The fraction of sp³-hybridized carbons (Fsp3) is 0.167. The van der Waals surface area contributed by atoms with Crippen LogP contribution in [0.15, 0.2) is 53.9 Å². The van der Waals surface area contributed by atoms with Gasteiger partial charge < -0.3 is 10.6 Å². The Kier molecular flexibility index (Phi) is 5.18. The van der Waals surface area contributed by atoms with Crippen LogP contribution in [0.4, 0.5) is 11.6 Å². The Labute approximate surface area is 144 Å². The third-order valence-electron chi connectivity index (χ3n) is 3.57. The average molecular weight is 338 g/mol. The van der Waals surface area contributed by atoms with Gasteiger partial charge in [0, 0.05) is 11.4 Å². The number of hydrogen-bond donors (Lipinski definition) is 2. The predicted octanol–water partition coefficient (Wildman–Crippen LogP) is 3.64. The van der Waals surface area contributed by atoms with Gasteiger partial charge in [0.15, 0.2) is 5.82 Å². The number of aromatic nitrogens is 2. The molecule has 3 aromatic rings. The van der Waals surface area contributed by atoms with Gasteiger partial charge in [-0.3, -0.25) is 4.79 Å². The summed E-state index contributed by atoms with van der Waals surface area (Å²) in [5, 5.41) is 16.1. The molecule has 5 nitrogen and oxygen atoms in total. The highest BCUT2D eigenvalue weighted by Gasteiger charge is 2.06. The monoisotopic (exact) mass is 338 g/mol. The molecule has 0 atom stereocenters. The Morgan fingerprint density at radius 3 is 2.54 bits per heavy atom. The summed E-state index contributed by atoms with van der Waals surface area (Å²) in [6, 6.07) is 15.6. The second-order valence-corrected chi connectivity index (χ2v) is 6.42. The van der Waals surface area contributed by atoms with Crippen LogP contribution in [-0.2, 0) is 17.8 Å². The van der Waals surface area contributed by atoms with Crippen LogP contribution in [0.3, 0.4) is 0 Å². The van der Waals surface area contributed by atoms with Gasteiger partial charge in [-0.25, -0.2) is 0 Å². The molecule has 1 aromatic carbocycles. The van der Waals surface area contributed by atoms with Gasteiger partial charge in [0.05, 0.1) is 6.42 Å². The summed E-state index contributed by atoms with van der Waals surface area (Å²) < 4.78 is 0. The van der Waals surface area contributed by atoms with Crippen LogP contribution in [0, 0.1) is 6.92 Å². The lowest BCUT2D eigenvalue weighted by atomic mass is 10.1. The largest absolute Gasteiger partial charge is 0.364 e. The van der Waals surface area contributed by atoms with Gasteiger partial charge in [-0.05, 0) is 41.6 Å². The van der Waals surface area contributed by atoms with Crippen LogP contribution >= 0.6 is 11.3 Å². The van der Waals surface area contributed by atoms with Crippen LogP contribution in [0.2, 0.25) is 0 Å². The second kappa shape index (κ2) is 7.70. The van der Waals surface area contributed by atoms with Gasteiger partial charge in [0.1, 0.15) is 5.82 Å². The summed E-state index contributed by atoms with van der Waals surface area (Å²) in [4.78, 5) is 13.0. The number of thiophene rings is 1. The number of benzene rings is 1. The Balaban J connectivity index is 1.53. The second-order valence-electron chi connectivity index (χ2n) is 5.39. The molecule has 0 spiro atoms. The van der Waals surface area contributed by atoms with Crippen molar-refractivity contribution in [3.05, 3.63) is 69.9 Å². The lowest BCUT2D eigenvalue weighted by molar-refractivity contribution is -0.115. The van der Waals surface area contributed by atoms with E-state index in [1.165, 1.54) is 11.1 Å². The SMILES string of the molecule is Cc1ccccc1CNc1ccc(NC(=O)Cc2cccs2)nn1. The van der Waals surface area contributed by atoms with Gasteiger partial charge in [-0.15, -0.1) is 21.5 Å². The normalized spacial score (nSPS) is 10.4. The lowest BCUT2D eigenvalue weighted by Crippen LogP contribution is -2.15. The third kappa shape index (κ3) is 4.39. The van der Waals surface area contributed by atoms with E-state index in [0.29, 0.717) is 24.6 Å². The minimum atomic E-state index is -0.0904. The summed E-state index contributed by atoms with van der Waals surface area (Å²) in [5.74, 6) is 1.04. The van der Waals surface area contributed by atoms with Gasteiger partial charge in [-0.1, -0.05) is 30.3 Å². The van der Waals surface area contributed by atoms with Crippen molar-refractivity contribution in [2.75, 3.05) is 10.6 Å². The third-order valence-corrected chi connectivity index (χ3v) is 4.44. The molecule has 6 heteroatoms. The zero-order chi connectivity index (χ0) is 16.8. The number of anilines is 2. The van der Waals surface area contributed by atoms with E-state index in [9.17, 15) is 4.79 Å². The first-order valence-electron chi connectivity index (χ1n) is 7.65. The smallest absolute Gasteiger partial charge is 0.230 e. The zero-order valence-corrected chi connectivity index (χ0v) is 14.1. The highest BCUT2D eigenvalue weighted by atomic mass is 32.1. The number of nitrogens with zero attached hydrogens (tertiary/aromatic N) is 2. The molecule has 0 aliphatic heterocycles. The molecule has 0 aliphatic carbocycles. The van der Waals surface area contributed by atoms with E-state index >= 15 is 0 Å². The van der Waals surface area contributed by atoms with Gasteiger partial charge in [0.2, 0.25) is 5.91 Å². The first kappa shape index (κ1) is 16.1. The van der Waals surface area contributed by atoms with Crippen molar-refractivity contribution in [1.82, 2.24) is 10.2 Å². The number of amides is 1. The number of carbonyl (C=O) groups excluding carboxylic acids is 1. The molecule has 2 aromatic heterocycles. The van der Waals surface area contributed by atoms with Gasteiger partial charge >= 0.3 is 0 Å². The summed E-state index contributed by atoms with van der Waals surface area (Å²) in [7, 11) is 0. The molecule has 24 heavy (non-hydrogen) atoms. The van der Waals surface area contributed by atoms with Crippen LogP contribution in [-0.4, -0.2) is 16.1 Å². The van der Waals surface area contributed by atoms with E-state index in [4.69, 9.17) is 0 Å². The molecule has 0 unspecified atom stereocenters. The molecule has 1 amide bonds. The Hall–Kier alpha value is -2.73. The van der Waals surface area contributed by atoms with Crippen LogP contribution in [0.1, 0.15) is 16.0 Å². The first-order chi connectivity index (χ1) is 11.7. The first-order valence-corrected chi connectivity index (χ1v) is 8.53. The Morgan fingerprint density at radius 2 is 1.83 bits per heavy atom. The number of aryl methyl sites for hydroxylation is 1. The van der Waals surface area contributed by atoms with Crippen molar-refractivity contribution >= 4 is 28.9 Å². The summed E-state index contributed by atoms with van der Waals surface area (Å²) in [5.41, 5.74) is 2.45. The molecular weight excluding hydrogens is 320 g/mol. The molecule has 0 fully saturated rings. The van der Waals surface area contributed by atoms with Crippen LogP contribution in [0.25, 0.3) is 0 Å². The summed E-state index contributed by atoms with van der Waals surface area (Å²) in [6.07, 6.45) is 0.354. The van der Waals surface area contributed by atoms with E-state index in [2.05, 4.69) is 39.9 Å². The predicted molar refractivity (Wildman–Crippen MR) is 97.2 cm³/mol. The number of rotatable bonds is 6. The highest BCUT2D eigenvalue weighted by molar-refractivity contribution is 7.10. The minimum Gasteiger partial charge on any atom is -0.364 e. The van der Waals surface area contributed by atoms with E-state index in [1.807, 2.05) is 35.7 Å². The Morgan fingerprint density at radius 1 is 1.04 bits per heavy atom. The van der Waals surface area contributed by atoms with Crippen molar-refractivity contribution in [3.8, 4) is 0 Å². The fourth-order valence-corrected chi connectivity index (χ4v) is 2.95. The van der Waals surface area contributed by atoms with E-state index in [-0.39, 0.29) is 5.91 Å². The number of hydrogen-bond acceptors (Lipinski definition) is 5. The molecule has 122 valence electrons. The Bertz CT molecular complexity index is 800. The molecule has 2 N–H and O–H groups in total. The van der Waals surface area contributed by atoms with Crippen molar-refractivity contribution < 1.29 is 4.79 Å². The summed E-state index contributed by atoms with van der Waals surface area (Å²) in [6.45, 7) is 2.76. The average Bonchev–Trinajstić information content (AvgIpc) is 3.08. The van der Waals surface area contributed by atoms with E-state index < -0.39 is 0 Å². The number of nitrogens with one attached hydrogen (secondary N) is 2. The fourth-order valence-electron chi connectivity index (χ4n) is 2.25. The number of carbonyl (C=O) groups is 1. The van der Waals surface area contributed by atoms with Crippen molar-refractivity contribution in [2.24, 2.45) is 0 Å². The minimum absolute atomic E-state index is 0.0904. The van der Waals surface area contributed by atoms with Gasteiger partial charge in [0.25, 0.3) is 0 Å². The molecule has 3 rings (SSSR count). The summed E-state index contributed by atoms with van der Waals surface area (Å²) >= 11 is 1.56. The van der Waals surface area contributed by atoms with E-state index in [0.717, 1.165) is 4.88 Å². The van der Waals surface area contributed by atoms with E-state index in [1.54, 1.807) is 17.4 Å². The maximum atomic E-state index is 11.9. The quantitative estimate of drug-likeness (QED) is 0.720. The van der Waals surface area contributed by atoms with Crippen molar-refractivity contribution in [3.63, 3.8) is 0 Å². The molecule has 0 bridgehead atoms. The van der Waals surface area contributed by atoms with Gasteiger partial charge in [-0.2, -0.15) is 0 Å². The zero-order valence-electron chi connectivity index (χ0n) is 13.3. The lowest BCUT2D eigenvalue weighted by Gasteiger charge is -2.08. The standard InChI is InChI=1S/C18H18N4OS/c1-13-5-2-3-6-14(13)12-19-16-8-9-17(22-21-16)20-18(23)11-15-7-4-10-24-15/h2-10H,11-12H2,1H3,(H,19,21)(H,20,22,23).